The minimum absolute atomic E-state index is 0.126. The molecular weight excluding hydrogens is 258 g/mol. The molecule has 0 aromatic carbocycles. The van der Waals surface area contributed by atoms with Gasteiger partial charge in [0, 0.05) is 12.2 Å². The molecule has 0 spiro atoms. The zero-order chi connectivity index (χ0) is 14.4. The molecule has 0 saturated carbocycles. The maximum absolute atomic E-state index is 6.30. The number of rotatable bonds is 2. The summed E-state index contributed by atoms with van der Waals surface area (Å²) in [7, 11) is 0. The average molecular weight is 280 g/mol. The molecule has 0 bridgehead atoms. The summed E-state index contributed by atoms with van der Waals surface area (Å²) in [6, 6.07) is 2.35. The Morgan fingerprint density at radius 3 is 2.42 bits per heavy atom. The molecule has 3 nitrogen and oxygen atoms in total. The van der Waals surface area contributed by atoms with Crippen LogP contribution < -0.4 is 0 Å². The normalized spacial score (nSPS) is 15.7. The van der Waals surface area contributed by atoms with Gasteiger partial charge in [0.15, 0.2) is 5.65 Å². The van der Waals surface area contributed by atoms with Crippen molar-refractivity contribution in [2.24, 2.45) is 5.41 Å². The highest BCUT2D eigenvalue weighted by Crippen LogP contribution is 2.36. The van der Waals surface area contributed by atoms with Crippen molar-refractivity contribution in [3.63, 3.8) is 0 Å². The lowest BCUT2D eigenvalue weighted by atomic mass is 9.87. The fraction of sp³-hybridized carbons (Fsp3) is 0.600. The lowest BCUT2D eigenvalue weighted by Crippen LogP contribution is -2.23. The Hall–Kier alpha value is -1.09. The molecule has 0 aliphatic rings. The maximum atomic E-state index is 6.30. The molecule has 0 amide bonds. The van der Waals surface area contributed by atoms with E-state index in [1.165, 1.54) is 0 Å². The first kappa shape index (κ1) is 14.3. The highest BCUT2D eigenvalue weighted by Gasteiger charge is 2.27. The van der Waals surface area contributed by atoms with Gasteiger partial charge in [-0.15, -0.1) is 11.6 Å². The maximum Gasteiger partial charge on any atom is 0.160 e. The average Bonchev–Trinajstić information content (AvgIpc) is 2.64. The highest BCUT2D eigenvalue weighted by atomic mass is 35.5. The summed E-state index contributed by atoms with van der Waals surface area (Å²) in [5, 5.41) is -0.126. The summed E-state index contributed by atoms with van der Waals surface area (Å²) in [5.41, 5.74) is 3.10. The van der Waals surface area contributed by atoms with Gasteiger partial charge in [-0.2, -0.15) is 0 Å². The van der Waals surface area contributed by atoms with E-state index in [2.05, 4.69) is 48.3 Å². The van der Waals surface area contributed by atoms with E-state index in [-0.39, 0.29) is 16.8 Å². The molecule has 19 heavy (non-hydrogen) atoms. The Kier molecular flexibility index (Phi) is 3.61. The van der Waals surface area contributed by atoms with Gasteiger partial charge in [-0.05, 0) is 37.8 Å². The third-order valence-electron chi connectivity index (χ3n) is 3.69. The summed E-state index contributed by atoms with van der Waals surface area (Å²) in [6.07, 6.45) is 1.89. The van der Waals surface area contributed by atoms with Crippen LogP contribution in [0.15, 0.2) is 12.3 Å². The number of alkyl halides is 1. The molecule has 0 fully saturated rings. The predicted octanol–water partition coefficient (Wildman–Crippen LogP) is 4.65. The Balaban J connectivity index is 2.72. The van der Waals surface area contributed by atoms with E-state index in [1.807, 2.05) is 20.0 Å². The molecule has 2 aromatic rings. The third kappa shape index (κ3) is 2.62. The minimum Gasteiger partial charge on any atom is -0.308 e. The SMILES string of the molecule is Cc1cnc2c(c1)nc(C(C)Cl)n2C(C)C(C)(C)C. The van der Waals surface area contributed by atoms with Crippen molar-refractivity contribution < 1.29 is 0 Å². The summed E-state index contributed by atoms with van der Waals surface area (Å²) in [6.45, 7) is 12.9. The largest absolute Gasteiger partial charge is 0.308 e. The monoisotopic (exact) mass is 279 g/mol. The van der Waals surface area contributed by atoms with Crippen molar-refractivity contribution in [3.05, 3.63) is 23.7 Å². The first-order valence-corrected chi connectivity index (χ1v) is 7.14. The Morgan fingerprint density at radius 2 is 1.89 bits per heavy atom. The van der Waals surface area contributed by atoms with E-state index in [0.717, 1.165) is 22.6 Å². The molecular formula is C15H22ClN3. The molecule has 0 aliphatic carbocycles. The smallest absolute Gasteiger partial charge is 0.160 e. The summed E-state index contributed by atoms with van der Waals surface area (Å²) in [4.78, 5) is 9.24. The van der Waals surface area contributed by atoms with Gasteiger partial charge in [0.1, 0.15) is 11.3 Å². The van der Waals surface area contributed by atoms with Crippen LogP contribution in [0, 0.1) is 12.3 Å². The lowest BCUT2D eigenvalue weighted by Gasteiger charge is -2.30. The molecule has 2 rings (SSSR count). The molecule has 2 aromatic heterocycles. The number of hydrogen-bond donors (Lipinski definition) is 0. The zero-order valence-electron chi connectivity index (χ0n) is 12.5. The van der Waals surface area contributed by atoms with Gasteiger partial charge in [-0.3, -0.25) is 0 Å². The quantitative estimate of drug-likeness (QED) is 0.750. The lowest BCUT2D eigenvalue weighted by molar-refractivity contribution is 0.261. The fourth-order valence-electron chi connectivity index (χ4n) is 2.15. The standard InChI is InChI=1S/C15H22ClN3/c1-9-7-12-14(17-8-9)19(11(3)15(4,5)6)13(18-12)10(2)16/h7-8,10-11H,1-6H3. The van der Waals surface area contributed by atoms with Gasteiger partial charge in [0.25, 0.3) is 0 Å². The van der Waals surface area contributed by atoms with Crippen LogP contribution in [0.4, 0.5) is 0 Å². The van der Waals surface area contributed by atoms with Crippen molar-refractivity contribution in [3.8, 4) is 0 Å². The first-order valence-electron chi connectivity index (χ1n) is 6.70. The van der Waals surface area contributed by atoms with E-state index in [9.17, 15) is 0 Å². The van der Waals surface area contributed by atoms with Crippen molar-refractivity contribution >= 4 is 22.8 Å². The van der Waals surface area contributed by atoms with Crippen molar-refractivity contribution in [1.82, 2.24) is 14.5 Å². The summed E-state index contributed by atoms with van der Waals surface area (Å²) in [5.74, 6) is 0.900. The van der Waals surface area contributed by atoms with Gasteiger partial charge in [-0.1, -0.05) is 20.8 Å². The fourth-order valence-corrected chi connectivity index (χ4v) is 2.30. The molecule has 0 aliphatic heterocycles. The number of pyridine rings is 1. The molecule has 104 valence electrons. The van der Waals surface area contributed by atoms with Gasteiger partial charge in [-0.25, -0.2) is 9.97 Å². The van der Waals surface area contributed by atoms with Crippen LogP contribution in [0.25, 0.3) is 11.2 Å². The van der Waals surface area contributed by atoms with Gasteiger partial charge >= 0.3 is 0 Å². The molecule has 2 unspecified atom stereocenters. The second kappa shape index (κ2) is 4.78. The Morgan fingerprint density at radius 1 is 1.26 bits per heavy atom. The van der Waals surface area contributed by atoms with Crippen molar-refractivity contribution in [2.45, 2.75) is 53.0 Å². The van der Waals surface area contributed by atoms with Crippen molar-refractivity contribution in [1.29, 1.82) is 0 Å². The topological polar surface area (TPSA) is 30.7 Å². The second-order valence-corrected chi connectivity index (χ2v) is 7.01. The van der Waals surface area contributed by atoms with Crippen LogP contribution in [0.2, 0.25) is 0 Å². The van der Waals surface area contributed by atoms with Crippen LogP contribution in [0.5, 0.6) is 0 Å². The first-order chi connectivity index (χ1) is 8.71. The molecule has 4 heteroatoms. The van der Waals surface area contributed by atoms with Gasteiger partial charge in [0.05, 0.1) is 5.38 Å². The van der Waals surface area contributed by atoms with Gasteiger partial charge < -0.3 is 4.57 Å². The Labute approximate surface area is 120 Å². The second-order valence-electron chi connectivity index (χ2n) is 6.35. The number of hydrogen-bond acceptors (Lipinski definition) is 2. The molecule has 2 heterocycles. The van der Waals surface area contributed by atoms with Crippen LogP contribution in [0.1, 0.15) is 57.4 Å². The van der Waals surface area contributed by atoms with Crippen molar-refractivity contribution in [2.75, 3.05) is 0 Å². The molecule has 2 atom stereocenters. The molecule has 0 radical (unpaired) electrons. The van der Waals surface area contributed by atoms with Crippen LogP contribution in [-0.2, 0) is 0 Å². The zero-order valence-corrected chi connectivity index (χ0v) is 13.3. The van der Waals surface area contributed by atoms with Crippen LogP contribution in [-0.4, -0.2) is 14.5 Å². The van der Waals surface area contributed by atoms with Crippen LogP contribution >= 0.6 is 11.6 Å². The number of halogens is 1. The number of aryl methyl sites for hydroxylation is 1. The van der Waals surface area contributed by atoms with E-state index in [1.54, 1.807) is 0 Å². The van der Waals surface area contributed by atoms with E-state index < -0.39 is 0 Å². The molecule has 0 N–H and O–H groups in total. The van der Waals surface area contributed by atoms with E-state index in [4.69, 9.17) is 11.6 Å². The Bertz CT molecular complexity index is 593. The van der Waals surface area contributed by atoms with E-state index in [0.29, 0.717) is 0 Å². The predicted molar refractivity (Wildman–Crippen MR) is 80.7 cm³/mol. The summed E-state index contributed by atoms with van der Waals surface area (Å²) < 4.78 is 2.19. The molecule has 0 saturated heterocycles. The van der Waals surface area contributed by atoms with E-state index >= 15 is 0 Å². The highest BCUT2D eigenvalue weighted by molar-refractivity contribution is 6.20. The number of fused-ring (bicyclic) bond motifs is 1. The van der Waals surface area contributed by atoms with Gasteiger partial charge in [0.2, 0.25) is 0 Å². The third-order valence-corrected chi connectivity index (χ3v) is 3.89. The number of imidazole rings is 1. The minimum atomic E-state index is -0.126. The number of nitrogens with zero attached hydrogens (tertiary/aromatic N) is 3. The van der Waals surface area contributed by atoms with Crippen LogP contribution in [0.3, 0.4) is 0 Å². The summed E-state index contributed by atoms with van der Waals surface area (Å²) >= 11 is 6.30. The number of aromatic nitrogens is 3.